The molecule has 168 valence electrons. The Balaban J connectivity index is 1.90. The van der Waals surface area contributed by atoms with Crippen LogP contribution in [0.5, 0.6) is 11.5 Å². The van der Waals surface area contributed by atoms with Gasteiger partial charge in [0.1, 0.15) is 11.6 Å². The molecule has 1 fully saturated rings. The van der Waals surface area contributed by atoms with Gasteiger partial charge >= 0.3 is 0 Å². The molecule has 0 atom stereocenters. The van der Waals surface area contributed by atoms with Crippen LogP contribution in [0.4, 0.5) is 10.1 Å². The van der Waals surface area contributed by atoms with Crippen molar-refractivity contribution in [1.29, 1.82) is 0 Å². The van der Waals surface area contributed by atoms with Gasteiger partial charge in [0.25, 0.3) is 0 Å². The first-order chi connectivity index (χ1) is 14.8. The summed E-state index contributed by atoms with van der Waals surface area (Å²) in [5.41, 5.74) is 0.243. The second-order valence-electron chi connectivity index (χ2n) is 7.71. The minimum Gasteiger partial charge on any atom is -0.455 e. The van der Waals surface area contributed by atoms with Crippen LogP contribution in [-0.2, 0) is 19.6 Å². The SMILES string of the molecule is CC(C)CCC(=O)Nc1cc(S(=O)(=O)N2CCOCC2)ccc1Oc1ccc(F)cc1. The number of nitrogens with one attached hydrogen (secondary N) is 1. The molecule has 7 nitrogen and oxygen atoms in total. The molecule has 0 aliphatic carbocycles. The lowest BCUT2D eigenvalue weighted by Gasteiger charge is -2.26. The molecule has 0 bridgehead atoms. The number of morpholine rings is 1. The minimum absolute atomic E-state index is 0.0556. The van der Waals surface area contributed by atoms with E-state index >= 15 is 0 Å². The Morgan fingerprint density at radius 3 is 2.48 bits per heavy atom. The fourth-order valence-electron chi connectivity index (χ4n) is 3.05. The predicted octanol–water partition coefficient (Wildman–Crippen LogP) is 4.01. The second kappa shape index (κ2) is 10.2. The van der Waals surface area contributed by atoms with Crippen molar-refractivity contribution >= 4 is 21.6 Å². The number of sulfonamides is 1. The van der Waals surface area contributed by atoms with Crippen LogP contribution in [-0.4, -0.2) is 44.9 Å². The number of carbonyl (C=O) groups is 1. The molecule has 3 rings (SSSR count). The van der Waals surface area contributed by atoms with Gasteiger partial charge in [-0.3, -0.25) is 4.79 Å². The highest BCUT2D eigenvalue weighted by molar-refractivity contribution is 7.89. The number of ether oxygens (including phenoxy) is 2. The third kappa shape index (κ3) is 6.25. The number of anilines is 1. The molecule has 0 aromatic heterocycles. The van der Waals surface area contributed by atoms with Crippen molar-refractivity contribution in [1.82, 2.24) is 4.31 Å². The van der Waals surface area contributed by atoms with Gasteiger partial charge in [-0.25, -0.2) is 12.8 Å². The minimum atomic E-state index is -3.74. The first-order valence-corrected chi connectivity index (χ1v) is 11.6. The lowest BCUT2D eigenvalue weighted by molar-refractivity contribution is -0.116. The molecule has 1 heterocycles. The monoisotopic (exact) mass is 450 g/mol. The van der Waals surface area contributed by atoms with Crippen molar-refractivity contribution in [3.63, 3.8) is 0 Å². The topological polar surface area (TPSA) is 84.9 Å². The highest BCUT2D eigenvalue weighted by Gasteiger charge is 2.27. The zero-order valence-corrected chi connectivity index (χ0v) is 18.5. The smallest absolute Gasteiger partial charge is 0.243 e. The maximum absolute atomic E-state index is 13.2. The largest absolute Gasteiger partial charge is 0.455 e. The molecule has 0 unspecified atom stereocenters. The van der Waals surface area contributed by atoms with Crippen LogP contribution in [0.1, 0.15) is 26.7 Å². The van der Waals surface area contributed by atoms with Crippen LogP contribution in [0.25, 0.3) is 0 Å². The summed E-state index contributed by atoms with van der Waals surface area (Å²) >= 11 is 0. The van der Waals surface area contributed by atoms with Crippen molar-refractivity contribution in [2.24, 2.45) is 5.92 Å². The van der Waals surface area contributed by atoms with E-state index in [1.54, 1.807) is 0 Å². The van der Waals surface area contributed by atoms with Crippen molar-refractivity contribution in [3.05, 3.63) is 48.3 Å². The quantitative estimate of drug-likeness (QED) is 0.657. The Labute approximate surface area is 182 Å². The number of benzene rings is 2. The summed E-state index contributed by atoms with van der Waals surface area (Å²) in [7, 11) is -3.74. The van der Waals surface area contributed by atoms with Gasteiger partial charge in [-0.1, -0.05) is 13.8 Å². The average Bonchev–Trinajstić information content (AvgIpc) is 2.75. The number of nitrogens with zero attached hydrogens (tertiary/aromatic N) is 1. The molecular formula is C22H27FN2O5S. The number of hydrogen-bond donors (Lipinski definition) is 1. The van der Waals surface area contributed by atoms with Crippen molar-refractivity contribution in [2.45, 2.75) is 31.6 Å². The van der Waals surface area contributed by atoms with Crippen LogP contribution in [0.2, 0.25) is 0 Å². The molecule has 1 aliphatic heterocycles. The van der Waals surface area contributed by atoms with Crippen LogP contribution in [0.3, 0.4) is 0 Å². The van der Waals surface area contributed by atoms with Crippen molar-refractivity contribution in [3.8, 4) is 11.5 Å². The van der Waals surface area contributed by atoms with Crippen molar-refractivity contribution in [2.75, 3.05) is 31.6 Å². The zero-order chi connectivity index (χ0) is 22.4. The summed E-state index contributed by atoms with van der Waals surface area (Å²) in [6.07, 6.45) is 1.000. The summed E-state index contributed by atoms with van der Waals surface area (Å²) < 4.78 is 51.6. The molecule has 0 spiro atoms. The Bertz CT molecular complexity index is 1000. The number of hydrogen-bond acceptors (Lipinski definition) is 5. The molecule has 31 heavy (non-hydrogen) atoms. The molecule has 9 heteroatoms. The molecule has 1 N–H and O–H groups in total. The summed E-state index contributed by atoms with van der Waals surface area (Å²) in [5.74, 6) is 0.349. The van der Waals surface area contributed by atoms with E-state index in [1.165, 1.54) is 46.8 Å². The predicted molar refractivity (Wildman–Crippen MR) is 115 cm³/mol. The van der Waals surface area contributed by atoms with E-state index in [4.69, 9.17) is 9.47 Å². The van der Waals surface area contributed by atoms with E-state index in [1.807, 2.05) is 13.8 Å². The summed E-state index contributed by atoms with van der Waals surface area (Å²) in [6.45, 7) is 5.25. The normalized spacial score (nSPS) is 15.1. The average molecular weight is 451 g/mol. The molecule has 2 aromatic rings. The van der Waals surface area contributed by atoms with E-state index in [0.29, 0.717) is 37.7 Å². The van der Waals surface area contributed by atoms with Crippen LogP contribution < -0.4 is 10.1 Å². The lowest BCUT2D eigenvalue weighted by atomic mass is 10.1. The third-order valence-electron chi connectivity index (χ3n) is 4.82. The van der Waals surface area contributed by atoms with Gasteiger partial charge in [0, 0.05) is 19.5 Å². The van der Waals surface area contributed by atoms with Crippen LogP contribution in [0, 0.1) is 11.7 Å². The van der Waals surface area contributed by atoms with E-state index < -0.39 is 15.8 Å². The van der Waals surface area contributed by atoms with Crippen molar-refractivity contribution < 1.29 is 27.1 Å². The standard InChI is InChI=1S/C22H27FN2O5S/c1-16(2)3-10-22(26)24-20-15-19(31(27,28)25-11-13-29-14-12-25)8-9-21(20)30-18-6-4-17(23)5-7-18/h4-9,15-16H,3,10-14H2,1-2H3,(H,24,26). The first kappa shape index (κ1) is 23.2. The molecule has 2 aromatic carbocycles. The number of carbonyl (C=O) groups excluding carboxylic acids is 1. The molecular weight excluding hydrogens is 423 g/mol. The van der Waals surface area contributed by atoms with E-state index in [-0.39, 0.29) is 35.3 Å². The number of rotatable bonds is 8. The van der Waals surface area contributed by atoms with Gasteiger partial charge < -0.3 is 14.8 Å². The fraction of sp³-hybridized carbons (Fsp3) is 0.409. The Morgan fingerprint density at radius 2 is 1.84 bits per heavy atom. The van der Waals surface area contributed by atoms with Gasteiger partial charge in [0.2, 0.25) is 15.9 Å². The number of halogens is 1. The highest BCUT2D eigenvalue weighted by Crippen LogP contribution is 2.33. The van der Waals surface area contributed by atoms with Crippen LogP contribution >= 0.6 is 0 Å². The maximum Gasteiger partial charge on any atom is 0.243 e. The van der Waals surface area contributed by atoms with E-state index in [0.717, 1.165) is 0 Å². The van der Waals surface area contributed by atoms with Crippen LogP contribution in [0.15, 0.2) is 47.4 Å². The Morgan fingerprint density at radius 1 is 1.16 bits per heavy atom. The lowest BCUT2D eigenvalue weighted by Crippen LogP contribution is -2.40. The molecule has 1 saturated heterocycles. The van der Waals surface area contributed by atoms with Gasteiger partial charge in [-0.2, -0.15) is 4.31 Å². The highest BCUT2D eigenvalue weighted by atomic mass is 32.2. The zero-order valence-electron chi connectivity index (χ0n) is 17.6. The van der Waals surface area contributed by atoms with Gasteiger partial charge in [-0.05, 0) is 54.8 Å². The summed E-state index contributed by atoms with van der Waals surface area (Å²) in [4.78, 5) is 12.5. The maximum atomic E-state index is 13.2. The second-order valence-corrected chi connectivity index (χ2v) is 9.65. The molecule has 1 aliphatic rings. The summed E-state index contributed by atoms with van der Waals surface area (Å²) in [6, 6.07) is 9.76. The van der Waals surface area contributed by atoms with E-state index in [9.17, 15) is 17.6 Å². The van der Waals surface area contributed by atoms with E-state index in [2.05, 4.69) is 5.32 Å². The first-order valence-electron chi connectivity index (χ1n) is 10.2. The van der Waals surface area contributed by atoms with Gasteiger partial charge in [0.05, 0.1) is 23.8 Å². The fourth-order valence-corrected chi connectivity index (χ4v) is 4.49. The molecule has 0 saturated carbocycles. The number of amides is 1. The summed E-state index contributed by atoms with van der Waals surface area (Å²) in [5, 5.41) is 2.77. The van der Waals surface area contributed by atoms with Gasteiger partial charge in [-0.15, -0.1) is 0 Å². The van der Waals surface area contributed by atoms with Gasteiger partial charge in [0.15, 0.2) is 5.75 Å². The molecule has 1 amide bonds. The Hall–Kier alpha value is -2.49. The molecule has 0 radical (unpaired) electrons. The Kier molecular flexibility index (Phi) is 7.64. The third-order valence-corrected chi connectivity index (χ3v) is 6.72.